The maximum absolute atomic E-state index is 6.32. The summed E-state index contributed by atoms with van der Waals surface area (Å²) in [5.74, 6) is 2.83. The van der Waals surface area contributed by atoms with Crippen LogP contribution in [0.5, 0.6) is 5.75 Å². The summed E-state index contributed by atoms with van der Waals surface area (Å²) in [6, 6.07) is 8.41. The Balaban J connectivity index is 2.89. The lowest BCUT2D eigenvalue weighted by molar-refractivity contribution is 0.407. The molecule has 1 rings (SSSR count). The molecule has 3 atom stereocenters. The average Bonchev–Trinajstić information content (AvgIpc) is 2.47. The van der Waals surface area contributed by atoms with Gasteiger partial charge in [0.1, 0.15) is 5.75 Å². The van der Waals surface area contributed by atoms with Gasteiger partial charge in [-0.2, -0.15) is 11.8 Å². The number of hydrogen-bond donors (Lipinski definition) is 1. The molecule has 108 valence electrons. The van der Waals surface area contributed by atoms with Gasteiger partial charge >= 0.3 is 0 Å². The second-order valence-electron chi connectivity index (χ2n) is 5.08. The largest absolute Gasteiger partial charge is 0.496 e. The summed E-state index contributed by atoms with van der Waals surface area (Å²) in [6.07, 6.45) is 2.20. The lowest BCUT2D eigenvalue weighted by Gasteiger charge is -2.25. The zero-order valence-electron chi connectivity index (χ0n) is 12.6. The fraction of sp³-hybridized carbons (Fsp3) is 0.625. The molecular formula is C16H27NOS. The number of methoxy groups -OCH3 is 1. The Kier molecular flexibility index (Phi) is 7.32. The van der Waals surface area contributed by atoms with Crippen LogP contribution in [0.4, 0.5) is 0 Å². The third kappa shape index (κ3) is 4.73. The van der Waals surface area contributed by atoms with Gasteiger partial charge in [0.05, 0.1) is 7.11 Å². The van der Waals surface area contributed by atoms with Crippen LogP contribution in [0.25, 0.3) is 0 Å². The van der Waals surface area contributed by atoms with E-state index in [1.54, 1.807) is 7.11 Å². The first-order valence-electron chi connectivity index (χ1n) is 7.14. The Bertz CT molecular complexity index is 370. The maximum atomic E-state index is 6.32. The van der Waals surface area contributed by atoms with E-state index in [9.17, 15) is 0 Å². The van der Waals surface area contributed by atoms with Gasteiger partial charge in [0.15, 0.2) is 0 Å². The van der Waals surface area contributed by atoms with Crippen LogP contribution < -0.4 is 10.5 Å². The van der Waals surface area contributed by atoms with Gasteiger partial charge in [0, 0.05) is 16.9 Å². The van der Waals surface area contributed by atoms with Gasteiger partial charge in [0.25, 0.3) is 0 Å². The molecule has 1 aromatic rings. The lowest BCUT2D eigenvalue weighted by atomic mass is 10.0. The molecule has 0 aliphatic carbocycles. The highest BCUT2D eigenvalue weighted by Gasteiger charge is 2.22. The Morgan fingerprint density at radius 3 is 2.47 bits per heavy atom. The minimum absolute atomic E-state index is 0.172. The van der Waals surface area contributed by atoms with Gasteiger partial charge in [-0.05, 0) is 24.2 Å². The Morgan fingerprint density at radius 2 is 1.89 bits per heavy atom. The van der Waals surface area contributed by atoms with Crippen molar-refractivity contribution in [2.75, 3.05) is 12.9 Å². The molecule has 0 aromatic heterocycles. The van der Waals surface area contributed by atoms with Crippen molar-refractivity contribution in [3.8, 4) is 5.75 Å². The summed E-state index contributed by atoms with van der Waals surface area (Å²) in [6.45, 7) is 6.68. The number of para-hydroxylation sites is 1. The highest BCUT2D eigenvalue weighted by molar-refractivity contribution is 7.99. The van der Waals surface area contributed by atoms with Gasteiger partial charge < -0.3 is 10.5 Å². The molecule has 2 nitrogen and oxygen atoms in total. The highest BCUT2D eigenvalue weighted by atomic mass is 32.2. The molecule has 19 heavy (non-hydrogen) atoms. The van der Waals surface area contributed by atoms with E-state index in [0.717, 1.165) is 23.8 Å². The molecule has 0 saturated carbocycles. The first kappa shape index (κ1) is 16.4. The molecule has 0 radical (unpaired) electrons. The van der Waals surface area contributed by atoms with Crippen LogP contribution in [-0.4, -0.2) is 18.9 Å². The number of nitrogens with two attached hydrogens (primary N) is 1. The van der Waals surface area contributed by atoms with Crippen LogP contribution in [0.15, 0.2) is 24.3 Å². The van der Waals surface area contributed by atoms with E-state index < -0.39 is 0 Å². The molecule has 0 bridgehead atoms. The molecule has 1 aromatic carbocycles. The summed E-state index contributed by atoms with van der Waals surface area (Å²) in [4.78, 5) is 0. The summed E-state index contributed by atoms with van der Waals surface area (Å²) >= 11 is 1.96. The van der Waals surface area contributed by atoms with Crippen LogP contribution in [0.3, 0.4) is 0 Å². The zero-order chi connectivity index (χ0) is 14.3. The smallest absolute Gasteiger partial charge is 0.123 e. The summed E-state index contributed by atoms with van der Waals surface area (Å²) in [5.41, 5.74) is 7.55. The fourth-order valence-corrected chi connectivity index (χ4v) is 3.53. The first-order chi connectivity index (χ1) is 9.13. The highest BCUT2D eigenvalue weighted by Crippen LogP contribution is 2.38. The number of thioether (sulfide) groups is 1. The first-order valence-corrected chi connectivity index (χ1v) is 8.18. The van der Waals surface area contributed by atoms with Gasteiger partial charge in [-0.25, -0.2) is 0 Å². The van der Waals surface area contributed by atoms with Crippen molar-refractivity contribution in [3.63, 3.8) is 0 Å². The number of benzene rings is 1. The van der Waals surface area contributed by atoms with Crippen LogP contribution in [0.2, 0.25) is 0 Å². The second kappa shape index (κ2) is 8.49. The molecule has 3 heteroatoms. The summed E-state index contributed by atoms with van der Waals surface area (Å²) in [5, 5.41) is 0.315. The van der Waals surface area contributed by atoms with Crippen molar-refractivity contribution in [2.24, 2.45) is 11.7 Å². The van der Waals surface area contributed by atoms with Gasteiger partial charge in [-0.3, -0.25) is 0 Å². The van der Waals surface area contributed by atoms with E-state index in [0.29, 0.717) is 5.25 Å². The lowest BCUT2D eigenvalue weighted by Crippen LogP contribution is -2.26. The van der Waals surface area contributed by atoms with Crippen molar-refractivity contribution >= 4 is 11.8 Å². The standard InChI is InChI=1S/C16H27NOS/c1-5-12(3)11-19-16(14(17)6-2)13-9-7-8-10-15(13)18-4/h7-10,12,14,16H,5-6,11,17H2,1-4H3. The van der Waals surface area contributed by atoms with Crippen molar-refractivity contribution in [1.82, 2.24) is 0 Å². The van der Waals surface area contributed by atoms with E-state index in [1.807, 2.05) is 23.9 Å². The van der Waals surface area contributed by atoms with Crippen LogP contribution in [-0.2, 0) is 0 Å². The molecule has 2 N–H and O–H groups in total. The van der Waals surface area contributed by atoms with Gasteiger partial charge in [0.2, 0.25) is 0 Å². The Labute approximate surface area is 122 Å². The third-order valence-electron chi connectivity index (χ3n) is 3.56. The summed E-state index contributed by atoms with van der Waals surface area (Å²) < 4.78 is 5.49. The average molecular weight is 281 g/mol. The van der Waals surface area contributed by atoms with Gasteiger partial charge in [-0.15, -0.1) is 0 Å². The topological polar surface area (TPSA) is 35.2 Å². The van der Waals surface area contributed by atoms with E-state index in [2.05, 4.69) is 32.9 Å². The molecule has 3 unspecified atom stereocenters. The van der Waals surface area contributed by atoms with Crippen LogP contribution in [0, 0.1) is 5.92 Å². The molecular weight excluding hydrogens is 254 g/mol. The van der Waals surface area contributed by atoms with E-state index in [4.69, 9.17) is 10.5 Å². The number of ether oxygens (including phenoxy) is 1. The zero-order valence-corrected chi connectivity index (χ0v) is 13.4. The van der Waals surface area contributed by atoms with Crippen molar-refractivity contribution in [3.05, 3.63) is 29.8 Å². The molecule has 0 heterocycles. The van der Waals surface area contributed by atoms with Gasteiger partial charge in [-0.1, -0.05) is 45.4 Å². The molecule has 0 amide bonds. The SMILES string of the molecule is CCC(C)CSC(c1ccccc1OC)C(N)CC. The number of hydrogen-bond acceptors (Lipinski definition) is 3. The molecule has 0 aliphatic rings. The maximum Gasteiger partial charge on any atom is 0.123 e. The Hall–Kier alpha value is -0.670. The predicted molar refractivity (Wildman–Crippen MR) is 85.9 cm³/mol. The normalized spacial score (nSPS) is 15.8. The molecule has 0 saturated heterocycles. The third-order valence-corrected chi connectivity index (χ3v) is 5.29. The van der Waals surface area contributed by atoms with Crippen LogP contribution in [0.1, 0.15) is 44.4 Å². The quantitative estimate of drug-likeness (QED) is 0.773. The van der Waals surface area contributed by atoms with E-state index >= 15 is 0 Å². The Morgan fingerprint density at radius 1 is 1.21 bits per heavy atom. The second-order valence-corrected chi connectivity index (χ2v) is 6.26. The molecule has 0 aliphatic heterocycles. The number of rotatable bonds is 8. The van der Waals surface area contributed by atoms with Crippen molar-refractivity contribution < 1.29 is 4.74 Å². The summed E-state index contributed by atoms with van der Waals surface area (Å²) in [7, 11) is 1.73. The minimum atomic E-state index is 0.172. The fourth-order valence-electron chi connectivity index (χ4n) is 1.95. The van der Waals surface area contributed by atoms with Crippen LogP contribution >= 0.6 is 11.8 Å². The van der Waals surface area contributed by atoms with Crippen molar-refractivity contribution in [2.45, 2.75) is 44.9 Å². The minimum Gasteiger partial charge on any atom is -0.496 e. The van der Waals surface area contributed by atoms with E-state index in [1.165, 1.54) is 12.0 Å². The molecule has 0 spiro atoms. The van der Waals surface area contributed by atoms with Crippen molar-refractivity contribution in [1.29, 1.82) is 0 Å². The monoisotopic (exact) mass is 281 g/mol. The molecule has 0 fully saturated rings. The predicted octanol–water partition coefficient (Wildman–Crippen LogP) is 4.25. The van der Waals surface area contributed by atoms with E-state index in [-0.39, 0.29) is 6.04 Å².